The van der Waals surface area contributed by atoms with Crippen molar-refractivity contribution in [1.29, 1.82) is 0 Å². The lowest BCUT2D eigenvalue weighted by Crippen LogP contribution is -2.37. The third kappa shape index (κ3) is 3.62. The quantitative estimate of drug-likeness (QED) is 0.534. The molecule has 1 aliphatic heterocycles. The third-order valence-corrected chi connectivity index (χ3v) is 3.46. The van der Waals surface area contributed by atoms with Crippen LogP contribution in [0.15, 0.2) is 23.2 Å². The van der Waals surface area contributed by atoms with Crippen molar-refractivity contribution in [3.05, 3.63) is 23.2 Å². The molecule has 0 aliphatic carbocycles. The molecule has 2 rings (SSSR count). The Morgan fingerprint density at radius 1 is 1.32 bits per heavy atom. The van der Waals surface area contributed by atoms with Crippen LogP contribution >= 0.6 is 23.4 Å². The molecule has 0 fully saturated rings. The van der Waals surface area contributed by atoms with Gasteiger partial charge in [-0.05, 0) is 18.2 Å². The van der Waals surface area contributed by atoms with Crippen LogP contribution in [0.5, 0.6) is 0 Å². The Morgan fingerprint density at radius 2 is 2.05 bits per heavy atom. The molecule has 0 aromatic heterocycles. The number of nitrogens with two attached hydrogens (primary N) is 1. The highest BCUT2D eigenvalue weighted by Gasteiger charge is 2.18. The Kier molecular flexibility index (Phi) is 4.28. The molecule has 1 aromatic carbocycles. The van der Waals surface area contributed by atoms with E-state index in [1.807, 2.05) is 0 Å². The Bertz CT molecular complexity index is 562. The van der Waals surface area contributed by atoms with Gasteiger partial charge in [-0.2, -0.15) is 0 Å². The molecule has 100 valence electrons. The number of carbonyl (C=O) groups excluding carboxylic acids is 2. The zero-order chi connectivity index (χ0) is 13.8. The van der Waals surface area contributed by atoms with Crippen LogP contribution < -0.4 is 16.4 Å². The Balaban J connectivity index is 1.98. The minimum absolute atomic E-state index is 0.272. The van der Waals surface area contributed by atoms with Crippen molar-refractivity contribution in [3.8, 4) is 0 Å². The standard InChI is InChI=1S/C11H11ClN4O2S/c12-7-5-6(13)1-2-8(7)15-9(17)10(18)16-11-14-3-4-19-11/h1-2,5H,3-4,13H2,(H,15,17)(H,14,16,18). The smallest absolute Gasteiger partial charge is 0.315 e. The Hall–Kier alpha value is -1.73. The summed E-state index contributed by atoms with van der Waals surface area (Å²) in [5, 5.41) is 5.57. The number of hydrogen-bond donors (Lipinski definition) is 3. The highest BCUT2D eigenvalue weighted by atomic mass is 35.5. The summed E-state index contributed by atoms with van der Waals surface area (Å²) in [4.78, 5) is 27.3. The molecule has 1 aromatic rings. The minimum atomic E-state index is -0.804. The molecule has 19 heavy (non-hydrogen) atoms. The monoisotopic (exact) mass is 298 g/mol. The molecular weight excluding hydrogens is 288 g/mol. The van der Waals surface area contributed by atoms with E-state index in [4.69, 9.17) is 17.3 Å². The van der Waals surface area contributed by atoms with Crippen molar-refractivity contribution < 1.29 is 9.59 Å². The molecule has 0 radical (unpaired) electrons. The van der Waals surface area contributed by atoms with Crippen molar-refractivity contribution in [2.75, 3.05) is 23.3 Å². The molecule has 1 aliphatic rings. The van der Waals surface area contributed by atoms with Gasteiger partial charge in [0.25, 0.3) is 0 Å². The molecule has 0 bridgehead atoms. The Morgan fingerprint density at radius 3 is 2.68 bits per heavy atom. The van der Waals surface area contributed by atoms with Gasteiger partial charge in [-0.15, -0.1) is 0 Å². The number of nitrogens with one attached hydrogen (secondary N) is 2. The number of aliphatic imine (C=N–C) groups is 1. The number of carbonyl (C=O) groups is 2. The normalized spacial score (nSPS) is 13.8. The summed E-state index contributed by atoms with van der Waals surface area (Å²) in [6.45, 7) is 0.645. The van der Waals surface area contributed by atoms with Gasteiger partial charge in [0.15, 0.2) is 5.17 Å². The lowest BCUT2D eigenvalue weighted by atomic mass is 10.3. The number of anilines is 2. The molecule has 0 saturated heterocycles. The van der Waals surface area contributed by atoms with Crippen LogP contribution in [0.3, 0.4) is 0 Å². The van der Waals surface area contributed by atoms with E-state index in [9.17, 15) is 9.59 Å². The summed E-state index contributed by atoms with van der Waals surface area (Å²) in [5.41, 5.74) is 6.34. The van der Waals surface area contributed by atoms with E-state index in [0.717, 1.165) is 5.75 Å². The number of benzene rings is 1. The van der Waals surface area contributed by atoms with Gasteiger partial charge in [-0.25, -0.2) is 0 Å². The zero-order valence-electron chi connectivity index (χ0n) is 9.77. The molecule has 0 saturated carbocycles. The second-order valence-corrected chi connectivity index (χ2v) is 5.17. The maximum atomic E-state index is 11.7. The van der Waals surface area contributed by atoms with Crippen LogP contribution in [0.4, 0.5) is 11.4 Å². The van der Waals surface area contributed by atoms with Crippen molar-refractivity contribution in [2.24, 2.45) is 4.99 Å². The van der Waals surface area contributed by atoms with Gasteiger partial charge in [-0.3, -0.25) is 19.9 Å². The fraction of sp³-hybridized carbons (Fsp3) is 0.182. The number of thioether (sulfide) groups is 1. The largest absolute Gasteiger partial charge is 0.399 e. The molecule has 0 unspecified atom stereocenters. The van der Waals surface area contributed by atoms with Gasteiger partial charge in [0.2, 0.25) is 0 Å². The molecule has 2 amide bonds. The summed E-state index contributed by atoms with van der Waals surface area (Å²) >= 11 is 7.29. The van der Waals surface area contributed by atoms with Gasteiger partial charge in [0.1, 0.15) is 0 Å². The maximum absolute atomic E-state index is 11.7. The number of amides is 2. The number of rotatable bonds is 1. The van der Waals surface area contributed by atoms with E-state index in [-0.39, 0.29) is 5.02 Å². The SMILES string of the molecule is Nc1ccc(NC(=O)C(=O)NC2=NCCS2)c(Cl)c1. The first-order valence-corrected chi connectivity index (χ1v) is 6.77. The molecular formula is C11H11ClN4O2S. The van der Waals surface area contributed by atoms with Gasteiger partial charge in [0.05, 0.1) is 17.3 Å². The number of nitrogen functional groups attached to an aromatic ring is 1. The highest BCUT2D eigenvalue weighted by Crippen LogP contribution is 2.23. The average Bonchev–Trinajstić information content (AvgIpc) is 2.85. The molecule has 6 nitrogen and oxygen atoms in total. The van der Waals surface area contributed by atoms with Crippen LogP contribution in [-0.2, 0) is 9.59 Å². The fourth-order valence-corrected chi connectivity index (χ4v) is 2.34. The number of hydrogen-bond acceptors (Lipinski definition) is 5. The van der Waals surface area contributed by atoms with E-state index in [0.29, 0.717) is 23.1 Å². The minimum Gasteiger partial charge on any atom is -0.399 e. The van der Waals surface area contributed by atoms with Gasteiger partial charge in [-0.1, -0.05) is 23.4 Å². The molecule has 8 heteroatoms. The first-order chi connectivity index (χ1) is 9.06. The summed E-state index contributed by atoms with van der Waals surface area (Å²) in [6, 6.07) is 4.60. The van der Waals surface area contributed by atoms with E-state index in [2.05, 4.69) is 15.6 Å². The lowest BCUT2D eigenvalue weighted by molar-refractivity contribution is -0.135. The zero-order valence-corrected chi connectivity index (χ0v) is 11.3. The first-order valence-electron chi connectivity index (χ1n) is 5.41. The van der Waals surface area contributed by atoms with Gasteiger partial charge in [0, 0.05) is 11.4 Å². The van der Waals surface area contributed by atoms with E-state index in [1.165, 1.54) is 23.9 Å². The topological polar surface area (TPSA) is 96.6 Å². The second-order valence-electron chi connectivity index (χ2n) is 3.68. The van der Waals surface area contributed by atoms with Crippen molar-refractivity contribution in [1.82, 2.24) is 5.32 Å². The van der Waals surface area contributed by atoms with E-state index in [1.54, 1.807) is 6.07 Å². The third-order valence-electron chi connectivity index (χ3n) is 2.25. The van der Waals surface area contributed by atoms with Crippen LogP contribution in [0.25, 0.3) is 0 Å². The van der Waals surface area contributed by atoms with Crippen molar-refractivity contribution in [3.63, 3.8) is 0 Å². The van der Waals surface area contributed by atoms with E-state index >= 15 is 0 Å². The number of amidine groups is 1. The predicted molar refractivity (Wildman–Crippen MR) is 77.4 cm³/mol. The van der Waals surface area contributed by atoms with Crippen LogP contribution in [0.1, 0.15) is 0 Å². The van der Waals surface area contributed by atoms with Crippen molar-refractivity contribution >= 4 is 51.7 Å². The maximum Gasteiger partial charge on any atom is 0.315 e. The Labute approximate surface area is 118 Å². The lowest BCUT2D eigenvalue weighted by Gasteiger charge is -2.07. The molecule has 0 atom stereocenters. The number of nitrogens with zero attached hydrogens (tertiary/aromatic N) is 1. The summed E-state index contributed by atoms with van der Waals surface area (Å²) in [7, 11) is 0. The van der Waals surface area contributed by atoms with Crippen LogP contribution in [0, 0.1) is 0 Å². The summed E-state index contributed by atoms with van der Waals surface area (Å²) in [5.74, 6) is -0.774. The van der Waals surface area contributed by atoms with Gasteiger partial charge >= 0.3 is 11.8 Å². The van der Waals surface area contributed by atoms with Crippen molar-refractivity contribution in [2.45, 2.75) is 0 Å². The fourth-order valence-electron chi connectivity index (χ4n) is 1.38. The average molecular weight is 299 g/mol. The molecule has 0 spiro atoms. The summed E-state index contributed by atoms with van der Waals surface area (Å²) in [6.07, 6.45) is 0. The molecule has 1 heterocycles. The predicted octanol–water partition coefficient (Wildman–Crippen LogP) is 1.08. The molecule has 4 N–H and O–H groups in total. The van der Waals surface area contributed by atoms with E-state index < -0.39 is 11.8 Å². The van der Waals surface area contributed by atoms with Crippen LogP contribution in [0.2, 0.25) is 5.02 Å². The van der Waals surface area contributed by atoms with Crippen LogP contribution in [-0.4, -0.2) is 29.3 Å². The highest BCUT2D eigenvalue weighted by molar-refractivity contribution is 8.14. The number of halogens is 1. The second kappa shape index (κ2) is 5.94. The summed E-state index contributed by atoms with van der Waals surface area (Å²) < 4.78 is 0. The van der Waals surface area contributed by atoms with Gasteiger partial charge < -0.3 is 11.1 Å². The first kappa shape index (κ1) is 13.7.